The topological polar surface area (TPSA) is 43.1 Å². The predicted octanol–water partition coefficient (Wildman–Crippen LogP) is 4.02. The van der Waals surface area contributed by atoms with E-state index in [0.717, 1.165) is 11.1 Å². The Hall–Kier alpha value is -1.71. The summed E-state index contributed by atoms with van der Waals surface area (Å²) in [6, 6.07) is 16.9. The van der Waals surface area contributed by atoms with Crippen LogP contribution in [0.4, 0.5) is 0 Å². The number of halogens is 1. The fraction of sp³-hybridized carbons (Fsp3) is 0.0625. The van der Waals surface area contributed by atoms with Gasteiger partial charge in [0, 0.05) is 5.02 Å². The number of hydrogen-bond donors (Lipinski definition) is 1. The Morgan fingerprint density at radius 1 is 1.05 bits per heavy atom. The van der Waals surface area contributed by atoms with Gasteiger partial charge in [0.1, 0.15) is 0 Å². The zero-order valence-electron chi connectivity index (χ0n) is 10.5. The standard InChI is InChI=1S/C16H12ClNOS/c17-12-8-4-7-11(9-12)13-14(19)15(20-16(13)18)10-5-2-1-3-6-10/h1-9,15H,18H2. The predicted molar refractivity (Wildman–Crippen MR) is 84.3 cm³/mol. The van der Waals surface area contributed by atoms with Crippen LogP contribution in [-0.4, -0.2) is 5.78 Å². The third-order valence-electron chi connectivity index (χ3n) is 3.19. The van der Waals surface area contributed by atoms with Crippen molar-refractivity contribution in [1.29, 1.82) is 0 Å². The maximum atomic E-state index is 12.6. The van der Waals surface area contributed by atoms with E-state index in [9.17, 15) is 4.79 Å². The molecule has 0 saturated heterocycles. The van der Waals surface area contributed by atoms with Crippen molar-refractivity contribution >= 4 is 34.7 Å². The molecule has 2 N–H and O–H groups in total. The van der Waals surface area contributed by atoms with Crippen LogP contribution in [-0.2, 0) is 4.79 Å². The van der Waals surface area contributed by atoms with Gasteiger partial charge < -0.3 is 5.73 Å². The third kappa shape index (κ3) is 2.35. The van der Waals surface area contributed by atoms with Gasteiger partial charge in [-0.25, -0.2) is 0 Å². The summed E-state index contributed by atoms with van der Waals surface area (Å²) >= 11 is 7.39. The van der Waals surface area contributed by atoms with Crippen LogP contribution >= 0.6 is 23.4 Å². The van der Waals surface area contributed by atoms with Crippen molar-refractivity contribution in [2.24, 2.45) is 5.73 Å². The SMILES string of the molecule is NC1=C(c2cccc(Cl)c2)C(=O)C(c2ccccc2)S1. The van der Waals surface area contributed by atoms with Gasteiger partial charge in [-0.3, -0.25) is 4.79 Å². The smallest absolute Gasteiger partial charge is 0.183 e. The summed E-state index contributed by atoms with van der Waals surface area (Å²) < 4.78 is 0. The molecule has 1 aliphatic heterocycles. The van der Waals surface area contributed by atoms with E-state index in [4.69, 9.17) is 17.3 Å². The number of thioether (sulfide) groups is 1. The fourth-order valence-corrected chi connectivity index (χ4v) is 3.57. The number of allylic oxidation sites excluding steroid dienone is 1. The summed E-state index contributed by atoms with van der Waals surface area (Å²) in [7, 11) is 0. The normalized spacial score (nSPS) is 18.6. The lowest BCUT2D eigenvalue weighted by atomic mass is 9.98. The average molecular weight is 302 g/mol. The van der Waals surface area contributed by atoms with E-state index in [2.05, 4.69) is 0 Å². The lowest BCUT2D eigenvalue weighted by Gasteiger charge is -2.08. The molecule has 1 heterocycles. The van der Waals surface area contributed by atoms with Crippen molar-refractivity contribution in [1.82, 2.24) is 0 Å². The van der Waals surface area contributed by atoms with Gasteiger partial charge >= 0.3 is 0 Å². The molecule has 0 amide bonds. The molecule has 0 aromatic heterocycles. The molecule has 1 aliphatic rings. The van der Waals surface area contributed by atoms with Crippen LogP contribution in [0.3, 0.4) is 0 Å². The van der Waals surface area contributed by atoms with Crippen LogP contribution in [0, 0.1) is 0 Å². The minimum atomic E-state index is -0.259. The van der Waals surface area contributed by atoms with E-state index < -0.39 is 0 Å². The van der Waals surface area contributed by atoms with Gasteiger partial charge in [-0.15, -0.1) is 0 Å². The summed E-state index contributed by atoms with van der Waals surface area (Å²) in [4.78, 5) is 12.6. The van der Waals surface area contributed by atoms with Crippen LogP contribution < -0.4 is 5.73 Å². The van der Waals surface area contributed by atoms with E-state index in [-0.39, 0.29) is 11.0 Å². The highest BCUT2D eigenvalue weighted by Gasteiger charge is 2.34. The quantitative estimate of drug-likeness (QED) is 0.911. The molecule has 0 saturated carbocycles. The molecule has 2 aromatic carbocycles. The molecule has 4 heteroatoms. The zero-order chi connectivity index (χ0) is 14.1. The number of ketones is 1. The molecule has 1 unspecified atom stereocenters. The van der Waals surface area contributed by atoms with E-state index in [1.165, 1.54) is 11.8 Å². The molecule has 0 bridgehead atoms. The van der Waals surface area contributed by atoms with Crippen molar-refractivity contribution in [2.45, 2.75) is 5.25 Å². The van der Waals surface area contributed by atoms with E-state index >= 15 is 0 Å². The van der Waals surface area contributed by atoms with Crippen molar-refractivity contribution in [3.8, 4) is 0 Å². The van der Waals surface area contributed by atoms with Gasteiger partial charge in [-0.2, -0.15) is 0 Å². The maximum absolute atomic E-state index is 12.6. The number of nitrogens with two attached hydrogens (primary N) is 1. The Bertz CT molecular complexity index is 697. The molecule has 0 radical (unpaired) electrons. The molecular weight excluding hydrogens is 290 g/mol. The van der Waals surface area contributed by atoms with Crippen molar-refractivity contribution < 1.29 is 4.79 Å². The largest absolute Gasteiger partial charge is 0.393 e. The second-order valence-corrected chi connectivity index (χ2v) is 6.11. The van der Waals surface area contributed by atoms with Gasteiger partial charge in [0.15, 0.2) is 5.78 Å². The first-order chi connectivity index (χ1) is 9.66. The second-order valence-electron chi connectivity index (χ2n) is 4.52. The molecule has 20 heavy (non-hydrogen) atoms. The van der Waals surface area contributed by atoms with Crippen molar-refractivity contribution in [2.75, 3.05) is 0 Å². The molecule has 0 spiro atoms. The summed E-state index contributed by atoms with van der Waals surface area (Å²) in [5.74, 6) is 0.0426. The molecular formula is C16H12ClNOS. The summed E-state index contributed by atoms with van der Waals surface area (Å²) in [5.41, 5.74) is 8.39. The molecule has 0 fully saturated rings. The van der Waals surface area contributed by atoms with Gasteiger partial charge in [0.05, 0.1) is 15.9 Å². The van der Waals surface area contributed by atoms with Crippen LogP contribution in [0.5, 0.6) is 0 Å². The second kappa shape index (κ2) is 5.35. The Labute approximate surface area is 126 Å². The lowest BCUT2D eigenvalue weighted by molar-refractivity contribution is -0.113. The molecule has 0 aliphatic carbocycles. The number of hydrogen-bond acceptors (Lipinski definition) is 3. The molecule has 3 rings (SSSR count). The lowest BCUT2D eigenvalue weighted by Crippen LogP contribution is -2.06. The Morgan fingerprint density at radius 2 is 1.80 bits per heavy atom. The first-order valence-electron chi connectivity index (χ1n) is 6.18. The Balaban J connectivity index is 1.98. The van der Waals surface area contributed by atoms with Crippen LogP contribution in [0.2, 0.25) is 5.02 Å². The number of rotatable bonds is 2. The van der Waals surface area contributed by atoms with Crippen LogP contribution in [0.1, 0.15) is 16.4 Å². The first kappa shape index (κ1) is 13.3. The molecule has 2 nitrogen and oxygen atoms in total. The van der Waals surface area contributed by atoms with Gasteiger partial charge in [0.2, 0.25) is 0 Å². The highest BCUT2D eigenvalue weighted by atomic mass is 35.5. The minimum absolute atomic E-state index is 0.0426. The van der Waals surface area contributed by atoms with Crippen LogP contribution in [0.25, 0.3) is 5.57 Å². The molecule has 2 aromatic rings. The number of Topliss-reactive ketones (excluding diaryl/α,β-unsaturated/α-hetero) is 1. The van der Waals surface area contributed by atoms with Gasteiger partial charge in [0.25, 0.3) is 0 Å². The van der Waals surface area contributed by atoms with E-state index in [1.54, 1.807) is 12.1 Å². The Kier molecular flexibility index (Phi) is 3.55. The number of benzene rings is 2. The van der Waals surface area contributed by atoms with Crippen molar-refractivity contribution in [3.63, 3.8) is 0 Å². The monoisotopic (exact) mass is 301 g/mol. The zero-order valence-corrected chi connectivity index (χ0v) is 12.1. The first-order valence-corrected chi connectivity index (χ1v) is 7.44. The van der Waals surface area contributed by atoms with Crippen LogP contribution in [0.15, 0.2) is 59.6 Å². The number of carbonyl (C=O) groups is 1. The van der Waals surface area contributed by atoms with Gasteiger partial charge in [-0.1, -0.05) is 65.8 Å². The van der Waals surface area contributed by atoms with E-state index in [1.807, 2.05) is 42.5 Å². The highest BCUT2D eigenvalue weighted by molar-refractivity contribution is 8.04. The summed E-state index contributed by atoms with van der Waals surface area (Å²) in [5, 5.41) is 0.903. The summed E-state index contributed by atoms with van der Waals surface area (Å²) in [6.45, 7) is 0. The van der Waals surface area contributed by atoms with Gasteiger partial charge in [-0.05, 0) is 23.3 Å². The maximum Gasteiger partial charge on any atom is 0.183 e. The Morgan fingerprint density at radius 3 is 2.50 bits per heavy atom. The average Bonchev–Trinajstić information content (AvgIpc) is 2.75. The third-order valence-corrected chi connectivity index (χ3v) is 4.61. The number of carbonyl (C=O) groups excluding carboxylic acids is 1. The minimum Gasteiger partial charge on any atom is -0.393 e. The summed E-state index contributed by atoms with van der Waals surface area (Å²) in [6.07, 6.45) is 0. The molecule has 100 valence electrons. The fourth-order valence-electron chi connectivity index (χ4n) is 2.27. The highest BCUT2D eigenvalue weighted by Crippen LogP contribution is 2.46. The molecule has 1 atom stereocenters. The van der Waals surface area contributed by atoms with Crippen molar-refractivity contribution in [3.05, 3.63) is 75.8 Å². The van der Waals surface area contributed by atoms with E-state index in [0.29, 0.717) is 15.6 Å².